The second-order valence-electron chi connectivity index (χ2n) is 9.39. The highest BCUT2D eigenvalue weighted by atomic mass is 16.3. The topological polar surface area (TPSA) is 40.5 Å². The van der Waals surface area contributed by atoms with Gasteiger partial charge in [-0.05, 0) is 84.9 Å². The van der Waals surface area contributed by atoms with E-state index in [0.29, 0.717) is 35.5 Å². The van der Waals surface area contributed by atoms with Gasteiger partial charge in [0, 0.05) is 0 Å². The van der Waals surface area contributed by atoms with Gasteiger partial charge < -0.3 is 10.2 Å². The highest BCUT2D eigenvalue weighted by molar-refractivity contribution is 5.32. The first-order valence-corrected chi connectivity index (χ1v) is 9.26. The molecule has 2 N–H and O–H groups in total. The summed E-state index contributed by atoms with van der Waals surface area (Å²) in [6.07, 6.45) is 8.06. The summed E-state index contributed by atoms with van der Waals surface area (Å²) in [6, 6.07) is 0. The van der Waals surface area contributed by atoms with E-state index in [9.17, 15) is 10.2 Å². The van der Waals surface area contributed by atoms with Gasteiger partial charge in [0.2, 0.25) is 0 Å². The lowest BCUT2D eigenvalue weighted by molar-refractivity contribution is 0.00621. The quantitative estimate of drug-likeness (QED) is 0.769. The van der Waals surface area contributed by atoms with Crippen molar-refractivity contribution in [3.05, 3.63) is 25.3 Å². The molecule has 6 rings (SSSR count). The summed E-state index contributed by atoms with van der Waals surface area (Å²) in [5.74, 6) is 6.54. The van der Waals surface area contributed by atoms with Gasteiger partial charge in [-0.25, -0.2) is 0 Å². The lowest BCUT2D eigenvalue weighted by Crippen LogP contribution is -2.38. The Kier molecular flexibility index (Phi) is 1.98. The fourth-order valence-electron chi connectivity index (χ4n) is 9.44. The molecule has 0 aromatic heterocycles. The van der Waals surface area contributed by atoms with Gasteiger partial charge in [0.15, 0.2) is 0 Å². The van der Waals surface area contributed by atoms with Crippen molar-refractivity contribution in [1.29, 1.82) is 0 Å². The van der Waals surface area contributed by atoms with Crippen LogP contribution in [-0.4, -0.2) is 21.4 Å². The lowest BCUT2D eigenvalue weighted by atomic mass is 9.76. The molecule has 22 heavy (non-hydrogen) atoms. The molecule has 118 valence electrons. The number of rotatable bonds is 2. The predicted octanol–water partition coefficient (Wildman–Crippen LogP) is 2.62. The molecule has 0 aliphatic heterocycles. The molecule has 12 atom stereocenters. The molecule has 0 heterocycles. The van der Waals surface area contributed by atoms with Crippen LogP contribution < -0.4 is 0 Å². The van der Waals surface area contributed by atoms with E-state index in [4.69, 9.17) is 0 Å². The third-order valence-corrected chi connectivity index (χ3v) is 9.43. The van der Waals surface area contributed by atoms with Crippen LogP contribution in [0.5, 0.6) is 0 Å². The molecule has 0 bridgehead atoms. The maximum atomic E-state index is 11.3. The van der Waals surface area contributed by atoms with E-state index in [1.807, 2.05) is 12.2 Å². The number of fused-ring (bicyclic) bond motifs is 3. The molecule has 0 radical (unpaired) electrons. The van der Waals surface area contributed by atoms with Crippen molar-refractivity contribution in [2.75, 3.05) is 0 Å². The smallest absolute Gasteiger partial charge is 0.0861 e. The zero-order chi connectivity index (χ0) is 15.0. The first-order valence-electron chi connectivity index (χ1n) is 9.26. The molecule has 0 amide bonds. The summed E-state index contributed by atoms with van der Waals surface area (Å²) in [6.45, 7) is 7.99. The zero-order valence-electron chi connectivity index (χ0n) is 13.1. The zero-order valence-corrected chi connectivity index (χ0v) is 13.1. The second kappa shape index (κ2) is 3.42. The van der Waals surface area contributed by atoms with Crippen molar-refractivity contribution >= 4 is 0 Å². The molecule has 2 heteroatoms. The first-order chi connectivity index (χ1) is 10.5. The molecule has 6 aliphatic rings. The molecule has 0 aromatic rings. The highest BCUT2D eigenvalue weighted by Crippen LogP contribution is 2.82. The van der Waals surface area contributed by atoms with Crippen molar-refractivity contribution in [2.24, 2.45) is 59.2 Å². The van der Waals surface area contributed by atoms with E-state index in [0.717, 1.165) is 36.5 Å². The van der Waals surface area contributed by atoms with E-state index < -0.39 is 11.2 Å². The molecule has 0 spiro atoms. The molecule has 2 nitrogen and oxygen atoms in total. The predicted molar refractivity (Wildman–Crippen MR) is 83.7 cm³/mol. The van der Waals surface area contributed by atoms with Gasteiger partial charge >= 0.3 is 0 Å². The Balaban J connectivity index is 1.57. The Bertz CT molecular complexity index is 549. The van der Waals surface area contributed by atoms with Crippen molar-refractivity contribution in [2.45, 2.75) is 36.9 Å². The summed E-state index contributed by atoms with van der Waals surface area (Å²) < 4.78 is 0. The fraction of sp³-hybridized carbons (Fsp3) is 0.800. The standard InChI is InChI=1S/C20H26O2/c1-3-19(21)7-11-12-8-20(22,4-2)18-10-6-5-9-13(10)16(15(12)18)14(11)17(9)19/h3-4,9-18,21-22H,1-2,5-8H2/t9-,10-,11-,12-,13?,14-,15+,16?,17-,18-,19+,20-/m0/s1. The van der Waals surface area contributed by atoms with E-state index >= 15 is 0 Å². The van der Waals surface area contributed by atoms with Crippen LogP contribution in [0.1, 0.15) is 25.7 Å². The minimum atomic E-state index is -0.630. The summed E-state index contributed by atoms with van der Waals surface area (Å²) in [5.41, 5.74) is -1.26. The van der Waals surface area contributed by atoms with Crippen LogP contribution in [0.2, 0.25) is 0 Å². The van der Waals surface area contributed by atoms with Crippen LogP contribution in [-0.2, 0) is 0 Å². The molecule has 0 aromatic carbocycles. The van der Waals surface area contributed by atoms with Crippen molar-refractivity contribution in [3.63, 3.8) is 0 Å². The van der Waals surface area contributed by atoms with Crippen LogP contribution in [0.4, 0.5) is 0 Å². The van der Waals surface area contributed by atoms with E-state index in [-0.39, 0.29) is 0 Å². The third-order valence-electron chi connectivity index (χ3n) is 9.43. The number of hydrogen-bond donors (Lipinski definition) is 2. The molecule has 6 saturated carbocycles. The summed E-state index contributed by atoms with van der Waals surface area (Å²) in [4.78, 5) is 0. The van der Waals surface area contributed by atoms with E-state index in [1.165, 1.54) is 12.8 Å². The Morgan fingerprint density at radius 1 is 0.682 bits per heavy atom. The number of hydrogen-bond acceptors (Lipinski definition) is 2. The number of aliphatic hydroxyl groups is 2. The Hall–Kier alpha value is -0.600. The minimum Gasteiger partial charge on any atom is -0.385 e. The van der Waals surface area contributed by atoms with Crippen LogP contribution in [0, 0.1) is 59.2 Å². The molecular formula is C20H26O2. The van der Waals surface area contributed by atoms with Gasteiger partial charge in [0.1, 0.15) is 0 Å². The van der Waals surface area contributed by atoms with Crippen LogP contribution >= 0.6 is 0 Å². The highest BCUT2D eigenvalue weighted by Gasteiger charge is 2.80. The largest absolute Gasteiger partial charge is 0.385 e. The Morgan fingerprint density at radius 3 is 1.55 bits per heavy atom. The average molecular weight is 298 g/mol. The van der Waals surface area contributed by atoms with Crippen LogP contribution in [0.3, 0.4) is 0 Å². The monoisotopic (exact) mass is 298 g/mol. The van der Waals surface area contributed by atoms with Crippen LogP contribution in [0.15, 0.2) is 25.3 Å². The molecule has 6 fully saturated rings. The Morgan fingerprint density at radius 2 is 1.14 bits per heavy atom. The van der Waals surface area contributed by atoms with Gasteiger partial charge in [-0.1, -0.05) is 12.2 Å². The fourth-order valence-corrected chi connectivity index (χ4v) is 9.44. The maximum Gasteiger partial charge on any atom is 0.0861 e. The third kappa shape index (κ3) is 1.02. The second-order valence-corrected chi connectivity index (χ2v) is 9.39. The summed E-state index contributed by atoms with van der Waals surface area (Å²) >= 11 is 0. The van der Waals surface area contributed by atoms with E-state index in [2.05, 4.69) is 13.2 Å². The molecule has 0 saturated heterocycles. The van der Waals surface area contributed by atoms with Crippen molar-refractivity contribution in [1.82, 2.24) is 0 Å². The minimum absolute atomic E-state index is 0.471. The first kappa shape index (κ1) is 12.8. The average Bonchev–Trinajstić information content (AvgIpc) is 3.23. The normalized spacial score (nSPS) is 72.1. The molecular weight excluding hydrogens is 272 g/mol. The van der Waals surface area contributed by atoms with Crippen molar-refractivity contribution in [3.8, 4) is 0 Å². The van der Waals surface area contributed by atoms with Gasteiger partial charge in [0.25, 0.3) is 0 Å². The molecule has 6 aliphatic carbocycles. The van der Waals surface area contributed by atoms with Gasteiger partial charge in [0.05, 0.1) is 11.2 Å². The lowest BCUT2D eigenvalue weighted by Gasteiger charge is -2.33. The summed E-state index contributed by atoms with van der Waals surface area (Å²) in [7, 11) is 0. The molecule has 2 unspecified atom stereocenters. The maximum absolute atomic E-state index is 11.3. The van der Waals surface area contributed by atoms with Crippen LogP contribution in [0.25, 0.3) is 0 Å². The van der Waals surface area contributed by atoms with E-state index in [1.54, 1.807) is 0 Å². The van der Waals surface area contributed by atoms with Gasteiger partial charge in [-0.15, -0.1) is 13.2 Å². The van der Waals surface area contributed by atoms with Crippen molar-refractivity contribution < 1.29 is 10.2 Å². The summed E-state index contributed by atoms with van der Waals surface area (Å²) in [5, 5.41) is 22.5. The Labute approximate surface area is 132 Å². The van der Waals surface area contributed by atoms with Gasteiger partial charge in [-0.3, -0.25) is 0 Å². The van der Waals surface area contributed by atoms with Gasteiger partial charge in [-0.2, -0.15) is 0 Å². The SMILES string of the molecule is C=C[C@@]1(O)C[C@H]2[C@@H]3C[C@@](O)(C=C)[C@@H]4[C@H]3C3C5[C@H](CC[C@@H]54)[C@H]1[C@H]32.